The first-order valence-electron chi connectivity index (χ1n) is 7.56. The van der Waals surface area contributed by atoms with Crippen molar-refractivity contribution in [2.45, 2.75) is 50.9 Å². The highest BCUT2D eigenvalue weighted by molar-refractivity contribution is 5.45. The van der Waals surface area contributed by atoms with Crippen LogP contribution in [0.1, 0.15) is 55.3 Å². The lowest BCUT2D eigenvalue weighted by molar-refractivity contribution is -0.00537. The Morgan fingerprint density at radius 2 is 1.74 bits per heavy atom. The fourth-order valence-electron chi connectivity index (χ4n) is 5.59. The molecule has 4 fully saturated rings. The van der Waals surface area contributed by atoms with Crippen LogP contribution >= 0.6 is 0 Å². The zero-order valence-electron chi connectivity index (χ0n) is 11.5. The summed E-state index contributed by atoms with van der Waals surface area (Å²) in [5.41, 5.74) is 3.41. The molecule has 1 aromatic rings. The average molecular weight is 252 g/mol. The Morgan fingerprint density at radius 3 is 2.26 bits per heavy atom. The molecule has 0 atom stereocenters. The molecule has 4 bridgehead atoms. The van der Waals surface area contributed by atoms with E-state index in [2.05, 4.69) is 17.1 Å². The molecule has 98 valence electrons. The fraction of sp³-hybridized carbons (Fsp3) is 0.647. The van der Waals surface area contributed by atoms with Crippen LogP contribution in [-0.2, 0) is 5.41 Å². The van der Waals surface area contributed by atoms with Gasteiger partial charge in [-0.1, -0.05) is 0 Å². The lowest BCUT2D eigenvalue weighted by atomic mass is 9.47. The highest BCUT2D eigenvalue weighted by atomic mass is 14.7. The molecule has 4 aliphatic rings. The van der Waals surface area contributed by atoms with Crippen molar-refractivity contribution in [2.75, 3.05) is 0 Å². The highest BCUT2D eigenvalue weighted by Crippen LogP contribution is 2.61. The number of aryl methyl sites for hydroxylation is 1. The van der Waals surface area contributed by atoms with Gasteiger partial charge in [0.2, 0.25) is 0 Å². The van der Waals surface area contributed by atoms with Crippen LogP contribution in [0.4, 0.5) is 0 Å². The maximum Gasteiger partial charge on any atom is 0.101 e. The second-order valence-corrected chi connectivity index (χ2v) is 7.13. The number of aromatic nitrogens is 1. The minimum absolute atomic E-state index is 0.313. The molecule has 2 heteroatoms. The maximum absolute atomic E-state index is 9.51. The molecule has 0 aliphatic heterocycles. The second kappa shape index (κ2) is 3.82. The van der Waals surface area contributed by atoms with Gasteiger partial charge in [0, 0.05) is 6.20 Å². The van der Waals surface area contributed by atoms with Gasteiger partial charge in [-0.25, -0.2) is 0 Å². The number of hydrogen-bond donors (Lipinski definition) is 0. The van der Waals surface area contributed by atoms with Gasteiger partial charge in [0.05, 0.1) is 11.3 Å². The molecule has 5 rings (SSSR count). The van der Waals surface area contributed by atoms with Crippen molar-refractivity contribution in [3.8, 4) is 6.07 Å². The van der Waals surface area contributed by atoms with Crippen LogP contribution in [0.2, 0.25) is 0 Å². The second-order valence-electron chi connectivity index (χ2n) is 7.13. The normalized spacial score (nSPS) is 39.3. The summed E-state index contributed by atoms with van der Waals surface area (Å²) in [5, 5.41) is 9.51. The molecule has 19 heavy (non-hydrogen) atoms. The van der Waals surface area contributed by atoms with E-state index >= 15 is 0 Å². The van der Waals surface area contributed by atoms with E-state index in [4.69, 9.17) is 0 Å². The molecule has 2 nitrogen and oxygen atoms in total. The lowest BCUT2D eigenvalue weighted by Crippen LogP contribution is -2.48. The molecular formula is C17H20N2. The van der Waals surface area contributed by atoms with Crippen molar-refractivity contribution in [3.05, 3.63) is 29.1 Å². The molecule has 4 aliphatic carbocycles. The average Bonchev–Trinajstić information content (AvgIpc) is 2.36. The first-order chi connectivity index (χ1) is 9.20. The van der Waals surface area contributed by atoms with Gasteiger partial charge in [0.1, 0.15) is 6.07 Å². The third kappa shape index (κ3) is 1.57. The van der Waals surface area contributed by atoms with Gasteiger partial charge in [-0.3, -0.25) is 4.98 Å². The number of rotatable bonds is 1. The fourth-order valence-corrected chi connectivity index (χ4v) is 5.59. The van der Waals surface area contributed by atoms with Crippen LogP contribution in [0, 0.1) is 36.0 Å². The zero-order valence-corrected chi connectivity index (χ0v) is 11.5. The van der Waals surface area contributed by atoms with E-state index in [1.807, 2.05) is 13.1 Å². The molecule has 0 radical (unpaired) electrons. The van der Waals surface area contributed by atoms with E-state index in [9.17, 15) is 5.26 Å². The Bertz CT molecular complexity index is 532. The number of nitriles is 1. The molecular weight excluding hydrogens is 232 g/mol. The van der Waals surface area contributed by atoms with Crippen LogP contribution in [0.3, 0.4) is 0 Å². The predicted molar refractivity (Wildman–Crippen MR) is 73.5 cm³/mol. The molecule has 1 aromatic heterocycles. The van der Waals surface area contributed by atoms with E-state index in [1.165, 1.54) is 44.1 Å². The molecule has 0 aromatic carbocycles. The molecule has 0 amide bonds. The number of hydrogen-bond acceptors (Lipinski definition) is 2. The summed E-state index contributed by atoms with van der Waals surface area (Å²) in [7, 11) is 0. The largest absolute Gasteiger partial charge is 0.260 e. The van der Waals surface area contributed by atoms with Crippen molar-refractivity contribution < 1.29 is 0 Å². The minimum Gasteiger partial charge on any atom is -0.260 e. The summed E-state index contributed by atoms with van der Waals surface area (Å²) in [4.78, 5) is 4.32. The maximum atomic E-state index is 9.51. The van der Waals surface area contributed by atoms with Crippen molar-refractivity contribution in [3.63, 3.8) is 0 Å². The quantitative estimate of drug-likeness (QED) is 0.763. The Kier molecular flexibility index (Phi) is 2.31. The van der Waals surface area contributed by atoms with Crippen molar-refractivity contribution in [2.24, 2.45) is 17.8 Å². The van der Waals surface area contributed by atoms with Crippen LogP contribution < -0.4 is 0 Å². The Hall–Kier alpha value is -1.36. The van der Waals surface area contributed by atoms with E-state index < -0.39 is 0 Å². The first-order valence-corrected chi connectivity index (χ1v) is 7.56. The van der Waals surface area contributed by atoms with Gasteiger partial charge in [0.15, 0.2) is 0 Å². The van der Waals surface area contributed by atoms with Crippen molar-refractivity contribution in [1.82, 2.24) is 4.98 Å². The van der Waals surface area contributed by atoms with Crippen LogP contribution in [0.5, 0.6) is 0 Å². The predicted octanol–water partition coefficient (Wildman–Crippen LogP) is 3.73. The molecule has 0 saturated heterocycles. The van der Waals surface area contributed by atoms with Crippen molar-refractivity contribution in [1.29, 1.82) is 5.26 Å². The Labute approximate surface area is 114 Å². The topological polar surface area (TPSA) is 36.7 Å². The van der Waals surface area contributed by atoms with Crippen LogP contribution in [-0.4, -0.2) is 4.98 Å². The SMILES string of the molecule is Cc1nccc(C23CC4CC(CC(C4)C2)C3)c1C#N. The highest BCUT2D eigenvalue weighted by Gasteiger charge is 2.52. The molecule has 0 N–H and O–H groups in total. The standard InChI is InChI=1S/C17H20N2/c1-11-15(10-18)16(2-3-19-11)17-7-12-4-13(8-17)6-14(5-12)9-17/h2-3,12-14H,4-9H2,1H3. The first kappa shape index (κ1) is 11.5. The Morgan fingerprint density at radius 1 is 1.16 bits per heavy atom. The zero-order chi connectivity index (χ0) is 13.0. The number of nitrogens with zero attached hydrogens (tertiary/aromatic N) is 2. The number of pyridine rings is 1. The van der Waals surface area contributed by atoms with Crippen LogP contribution in [0.25, 0.3) is 0 Å². The molecule has 4 saturated carbocycles. The molecule has 1 heterocycles. The monoisotopic (exact) mass is 252 g/mol. The third-order valence-electron chi connectivity index (χ3n) is 5.86. The third-order valence-corrected chi connectivity index (χ3v) is 5.86. The summed E-state index contributed by atoms with van der Waals surface area (Å²) in [6.07, 6.45) is 10.2. The van der Waals surface area contributed by atoms with Gasteiger partial charge >= 0.3 is 0 Å². The van der Waals surface area contributed by atoms with Gasteiger partial charge < -0.3 is 0 Å². The minimum atomic E-state index is 0.313. The molecule has 0 spiro atoms. The van der Waals surface area contributed by atoms with Gasteiger partial charge in [-0.2, -0.15) is 5.26 Å². The summed E-state index contributed by atoms with van der Waals surface area (Å²) in [6.45, 7) is 1.97. The van der Waals surface area contributed by atoms with Crippen molar-refractivity contribution >= 4 is 0 Å². The summed E-state index contributed by atoms with van der Waals surface area (Å²) < 4.78 is 0. The summed E-state index contributed by atoms with van der Waals surface area (Å²) in [5.74, 6) is 2.77. The summed E-state index contributed by atoms with van der Waals surface area (Å²) in [6, 6.07) is 4.56. The lowest BCUT2D eigenvalue weighted by Gasteiger charge is -2.57. The van der Waals surface area contributed by atoms with E-state index in [-0.39, 0.29) is 0 Å². The van der Waals surface area contributed by atoms with E-state index in [1.54, 1.807) is 0 Å². The van der Waals surface area contributed by atoms with Gasteiger partial charge in [-0.15, -0.1) is 0 Å². The van der Waals surface area contributed by atoms with Crippen LogP contribution in [0.15, 0.2) is 12.3 Å². The van der Waals surface area contributed by atoms with E-state index in [0.717, 1.165) is 29.0 Å². The molecule has 0 unspecified atom stereocenters. The van der Waals surface area contributed by atoms with Gasteiger partial charge in [0.25, 0.3) is 0 Å². The van der Waals surface area contributed by atoms with E-state index in [0.29, 0.717) is 5.41 Å². The summed E-state index contributed by atoms with van der Waals surface area (Å²) >= 11 is 0. The smallest absolute Gasteiger partial charge is 0.101 e. The Balaban J connectivity index is 1.84. The van der Waals surface area contributed by atoms with Gasteiger partial charge in [-0.05, 0) is 80.2 Å².